The van der Waals surface area contributed by atoms with Gasteiger partial charge in [0.15, 0.2) is 5.82 Å². The van der Waals surface area contributed by atoms with Crippen molar-refractivity contribution >= 4 is 22.5 Å². The molecule has 0 saturated heterocycles. The van der Waals surface area contributed by atoms with E-state index in [0.29, 0.717) is 21.7 Å². The Morgan fingerprint density at radius 3 is 2.73 bits per heavy atom. The molecule has 0 bridgehead atoms. The SMILES string of the molecule is CC(C)c1c2cc(-c3cc(=O)[nH]cc3Cl)cc(F)c2nn1C. The van der Waals surface area contributed by atoms with Gasteiger partial charge < -0.3 is 4.98 Å². The van der Waals surface area contributed by atoms with Crippen LogP contribution in [-0.4, -0.2) is 14.8 Å². The second-order valence-electron chi connectivity index (χ2n) is 5.58. The number of nitrogens with one attached hydrogen (secondary N) is 1. The van der Waals surface area contributed by atoms with Gasteiger partial charge in [0.2, 0.25) is 5.56 Å². The van der Waals surface area contributed by atoms with Crippen LogP contribution in [0.25, 0.3) is 22.0 Å². The molecular formula is C16H15ClFN3O. The molecule has 114 valence electrons. The van der Waals surface area contributed by atoms with Crippen molar-refractivity contribution in [1.29, 1.82) is 0 Å². The first-order valence-corrected chi connectivity index (χ1v) is 7.31. The zero-order valence-electron chi connectivity index (χ0n) is 12.4. The molecule has 0 spiro atoms. The molecule has 0 aliphatic rings. The number of rotatable bonds is 2. The fourth-order valence-electron chi connectivity index (χ4n) is 2.79. The first kappa shape index (κ1) is 14.8. The van der Waals surface area contributed by atoms with Crippen molar-refractivity contribution in [3.05, 3.63) is 51.3 Å². The molecule has 0 unspecified atom stereocenters. The topological polar surface area (TPSA) is 50.7 Å². The summed E-state index contributed by atoms with van der Waals surface area (Å²) in [7, 11) is 1.80. The highest BCUT2D eigenvalue weighted by atomic mass is 35.5. The lowest BCUT2D eigenvalue weighted by molar-refractivity contribution is 0.629. The van der Waals surface area contributed by atoms with Crippen molar-refractivity contribution in [2.75, 3.05) is 0 Å². The molecule has 0 saturated carbocycles. The molecule has 1 N–H and O–H groups in total. The van der Waals surface area contributed by atoms with Gasteiger partial charge in [-0.15, -0.1) is 0 Å². The number of hydrogen-bond acceptors (Lipinski definition) is 2. The third-order valence-corrected chi connectivity index (χ3v) is 3.98. The Labute approximate surface area is 131 Å². The van der Waals surface area contributed by atoms with E-state index in [4.69, 9.17) is 11.6 Å². The van der Waals surface area contributed by atoms with Crippen LogP contribution in [0.3, 0.4) is 0 Å². The van der Waals surface area contributed by atoms with Gasteiger partial charge >= 0.3 is 0 Å². The van der Waals surface area contributed by atoms with Crippen molar-refractivity contribution in [2.45, 2.75) is 19.8 Å². The number of H-pyrrole nitrogens is 1. The van der Waals surface area contributed by atoms with Crippen LogP contribution >= 0.6 is 11.6 Å². The highest BCUT2D eigenvalue weighted by Gasteiger charge is 2.17. The van der Waals surface area contributed by atoms with Crippen LogP contribution < -0.4 is 5.56 Å². The van der Waals surface area contributed by atoms with Crippen LogP contribution in [0.4, 0.5) is 4.39 Å². The molecule has 0 fully saturated rings. The molecule has 6 heteroatoms. The summed E-state index contributed by atoms with van der Waals surface area (Å²) in [6.45, 7) is 4.06. The van der Waals surface area contributed by atoms with Gasteiger partial charge in [0.25, 0.3) is 0 Å². The average molecular weight is 320 g/mol. The molecule has 3 rings (SSSR count). The third kappa shape index (κ3) is 2.31. The first-order valence-electron chi connectivity index (χ1n) is 6.93. The lowest BCUT2D eigenvalue weighted by atomic mass is 10.0. The maximum atomic E-state index is 14.4. The van der Waals surface area contributed by atoms with E-state index in [9.17, 15) is 9.18 Å². The number of fused-ring (bicyclic) bond motifs is 1. The Morgan fingerprint density at radius 1 is 1.32 bits per heavy atom. The van der Waals surface area contributed by atoms with E-state index in [0.717, 1.165) is 11.1 Å². The predicted molar refractivity (Wildman–Crippen MR) is 85.8 cm³/mol. The largest absolute Gasteiger partial charge is 0.328 e. The molecule has 2 aromatic heterocycles. The minimum absolute atomic E-state index is 0.194. The number of aromatic nitrogens is 3. The van der Waals surface area contributed by atoms with Crippen LogP contribution in [0.5, 0.6) is 0 Å². The van der Waals surface area contributed by atoms with Crippen LogP contribution in [0.1, 0.15) is 25.5 Å². The van der Waals surface area contributed by atoms with Crippen molar-refractivity contribution in [1.82, 2.24) is 14.8 Å². The summed E-state index contributed by atoms with van der Waals surface area (Å²) in [6, 6.07) is 4.57. The third-order valence-electron chi connectivity index (χ3n) is 3.67. The zero-order valence-corrected chi connectivity index (χ0v) is 13.2. The van der Waals surface area contributed by atoms with E-state index in [-0.39, 0.29) is 11.5 Å². The van der Waals surface area contributed by atoms with Gasteiger partial charge in [-0.1, -0.05) is 25.4 Å². The van der Waals surface area contributed by atoms with Gasteiger partial charge in [0.1, 0.15) is 5.52 Å². The van der Waals surface area contributed by atoms with Crippen LogP contribution in [0.15, 0.2) is 29.2 Å². The maximum Gasteiger partial charge on any atom is 0.248 e. The summed E-state index contributed by atoms with van der Waals surface area (Å²) in [6.07, 6.45) is 1.41. The highest BCUT2D eigenvalue weighted by molar-refractivity contribution is 6.33. The van der Waals surface area contributed by atoms with E-state index in [1.54, 1.807) is 11.7 Å². The molecular weight excluding hydrogens is 305 g/mol. The Morgan fingerprint density at radius 2 is 2.05 bits per heavy atom. The molecule has 1 aromatic carbocycles. The molecule has 0 aliphatic heterocycles. The molecule has 2 heterocycles. The fraction of sp³-hybridized carbons (Fsp3) is 0.250. The van der Waals surface area contributed by atoms with Gasteiger partial charge in [0, 0.05) is 36.0 Å². The second kappa shape index (κ2) is 5.25. The van der Waals surface area contributed by atoms with E-state index in [1.807, 2.05) is 19.9 Å². The minimum atomic E-state index is -0.425. The van der Waals surface area contributed by atoms with Gasteiger partial charge in [-0.05, 0) is 23.6 Å². The van der Waals surface area contributed by atoms with E-state index in [2.05, 4.69) is 10.1 Å². The fourth-order valence-corrected chi connectivity index (χ4v) is 3.01. The Kier molecular flexibility index (Phi) is 3.53. The predicted octanol–water partition coefficient (Wildman–Crippen LogP) is 3.84. The van der Waals surface area contributed by atoms with Gasteiger partial charge in [-0.25, -0.2) is 4.39 Å². The van der Waals surface area contributed by atoms with Crippen LogP contribution in [0, 0.1) is 5.82 Å². The quantitative estimate of drug-likeness (QED) is 0.780. The van der Waals surface area contributed by atoms with Gasteiger partial charge in [-0.3, -0.25) is 9.48 Å². The Hall–Kier alpha value is -2.14. The summed E-state index contributed by atoms with van der Waals surface area (Å²) in [5, 5.41) is 5.36. The molecule has 0 aliphatic carbocycles. The minimum Gasteiger partial charge on any atom is -0.328 e. The number of benzene rings is 1. The summed E-state index contributed by atoms with van der Waals surface area (Å²) in [5.41, 5.74) is 2.06. The van der Waals surface area contributed by atoms with Gasteiger partial charge in [0.05, 0.1) is 5.02 Å². The van der Waals surface area contributed by atoms with Crippen molar-refractivity contribution < 1.29 is 4.39 Å². The van der Waals surface area contributed by atoms with E-state index in [1.165, 1.54) is 18.3 Å². The summed E-state index contributed by atoms with van der Waals surface area (Å²) in [5.74, 6) is -0.231. The molecule has 3 aromatic rings. The molecule has 0 radical (unpaired) electrons. The Bertz CT molecular complexity index is 927. The maximum absolute atomic E-state index is 14.4. The monoisotopic (exact) mass is 319 g/mol. The van der Waals surface area contributed by atoms with Crippen molar-refractivity contribution in [2.24, 2.45) is 7.05 Å². The van der Waals surface area contributed by atoms with Crippen LogP contribution in [-0.2, 0) is 7.05 Å². The van der Waals surface area contributed by atoms with Crippen LogP contribution in [0.2, 0.25) is 5.02 Å². The number of halogens is 2. The Balaban J connectivity index is 2.35. The summed E-state index contributed by atoms with van der Waals surface area (Å²) in [4.78, 5) is 14.0. The highest BCUT2D eigenvalue weighted by Crippen LogP contribution is 2.33. The zero-order chi connectivity index (χ0) is 16.0. The van der Waals surface area contributed by atoms with Crippen molar-refractivity contribution in [3.8, 4) is 11.1 Å². The van der Waals surface area contributed by atoms with E-state index < -0.39 is 5.82 Å². The standard InChI is InChI=1S/C16H15ClFN3O/c1-8(2)16-11-4-9(5-13(18)15(11)20-21(16)3)10-6-14(22)19-7-12(10)17/h4-8H,1-3H3,(H,19,22). The number of nitrogens with zero attached hydrogens (tertiary/aromatic N) is 2. The molecule has 0 atom stereocenters. The lowest BCUT2D eigenvalue weighted by Gasteiger charge is -2.08. The average Bonchev–Trinajstić information content (AvgIpc) is 2.78. The molecule has 4 nitrogen and oxygen atoms in total. The molecule has 0 amide bonds. The van der Waals surface area contributed by atoms with Gasteiger partial charge in [-0.2, -0.15) is 5.10 Å². The number of hydrogen-bond donors (Lipinski definition) is 1. The number of aryl methyl sites for hydroxylation is 1. The number of pyridine rings is 1. The smallest absolute Gasteiger partial charge is 0.248 e. The lowest BCUT2D eigenvalue weighted by Crippen LogP contribution is -2.03. The van der Waals surface area contributed by atoms with E-state index >= 15 is 0 Å². The summed E-state index contributed by atoms with van der Waals surface area (Å²) >= 11 is 6.13. The van der Waals surface area contributed by atoms with Crippen molar-refractivity contribution in [3.63, 3.8) is 0 Å². The number of aromatic amines is 1. The normalized spacial score (nSPS) is 11.5. The molecule has 22 heavy (non-hydrogen) atoms. The second-order valence-corrected chi connectivity index (χ2v) is 5.98. The first-order chi connectivity index (χ1) is 10.4. The summed E-state index contributed by atoms with van der Waals surface area (Å²) < 4.78 is 16.1.